The number of aliphatic carboxylic acids is 1. The maximum atomic E-state index is 11.6. The zero-order chi connectivity index (χ0) is 17.5. The molecule has 4 N–H and O–H groups in total. The number of aliphatic hydroxyl groups excluding tert-OH is 2. The third-order valence-corrected chi connectivity index (χ3v) is 3.29. The molecule has 7 nitrogen and oxygen atoms in total. The number of carboxylic acid groups (broad SMARTS) is 1. The molecule has 0 saturated heterocycles. The van der Waals surface area contributed by atoms with Crippen LogP contribution in [-0.4, -0.2) is 64.6 Å². The van der Waals surface area contributed by atoms with Crippen molar-refractivity contribution in [2.24, 2.45) is 0 Å². The number of carbonyl (C=O) groups is 2. The molecule has 1 unspecified atom stereocenters. The molecule has 0 heterocycles. The van der Waals surface area contributed by atoms with Gasteiger partial charge in [0.25, 0.3) is 0 Å². The van der Waals surface area contributed by atoms with Gasteiger partial charge in [-0.05, 0) is 25.7 Å². The summed E-state index contributed by atoms with van der Waals surface area (Å²) in [5.41, 5.74) is 0. The Kier molecular flexibility index (Phi) is 13.3. The summed E-state index contributed by atoms with van der Waals surface area (Å²) in [5, 5.41) is 29.8. The number of carbonyl (C=O) groups excluding carboxylic acids is 1. The summed E-state index contributed by atoms with van der Waals surface area (Å²) in [6, 6.07) is 0. The highest BCUT2D eigenvalue weighted by Crippen LogP contribution is 2.02. The number of hydrogen-bond acceptors (Lipinski definition) is 5. The molecular formula is C16H30N2O5. The quantitative estimate of drug-likeness (QED) is 0.212. The second-order valence-corrected chi connectivity index (χ2v) is 5.38. The SMILES string of the molecule is CCC/C=C/CCCCC(=O)NCCN(CC(=O)O)C(O)CO. The van der Waals surface area contributed by atoms with E-state index in [-0.39, 0.29) is 25.5 Å². The van der Waals surface area contributed by atoms with E-state index >= 15 is 0 Å². The Morgan fingerprint density at radius 3 is 2.52 bits per heavy atom. The van der Waals surface area contributed by atoms with Gasteiger partial charge in [-0.3, -0.25) is 14.5 Å². The summed E-state index contributed by atoms with van der Waals surface area (Å²) in [6.45, 7) is 1.60. The second-order valence-electron chi connectivity index (χ2n) is 5.38. The van der Waals surface area contributed by atoms with Crippen LogP contribution in [0.15, 0.2) is 12.2 Å². The lowest BCUT2D eigenvalue weighted by atomic mass is 10.1. The fraction of sp³-hybridized carbons (Fsp3) is 0.750. The van der Waals surface area contributed by atoms with Crippen LogP contribution in [0.4, 0.5) is 0 Å². The van der Waals surface area contributed by atoms with Crippen molar-refractivity contribution in [2.45, 2.75) is 51.7 Å². The number of nitrogens with one attached hydrogen (secondary N) is 1. The summed E-state index contributed by atoms with van der Waals surface area (Å²) < 4.78 is 0. The zero-order valence-electron chi connectivity index (χ0n) is 13.9. The van der Waals surface area contributed by atoms with E-state index < -0.39 is 18.8 Å². The van der Waals surface area contributed by atoms with Crippen LogP contribution >= 0.6 is 0 Å². The highest BCUT2D eigenvalue weighted by Gasteiger charge is 2.17. The fourth-order valence-corrected chi connectivity index (χ4v) is 2.00. The highest BCUT2D eigenvalue weighted by molar-refractivity contribution is 5.75. The van der Waals surface area contributed by atoms with Crippen molar-refractivity contribution in [1.29, 1.82) is 0 Å². The number of nitrogens with zero attached hydrogens (tertiary/aromatic N) is 1. The molecule has 0 aromatic carbocycles. The Bertz CT molecular complexity index is 360. The van der Waals surface area contributed by atoms with Crippen LogP contribution in [0.3, 0.4) is 0 Å². The molecule has 0 fully saturated rings. The van der Waals surface area contributed by atoms with Gasteiger partial charge in [0.05, 0.1) is 13.2 Å². The van der Waals surface area contributed by atoms with Crippen molar-refractivity contribution in [3.63, 3.8) is 0 Å². The molecule has 0 aliphatic carbocycles. The molecule has 0 spiro atoms. The largest absolute Gasteiger partial charge is 0.480 e. The monoisotopic (exact) mass is 330 g/mol. The molecule has 0 bridgehead atoms. The van der Waals surface area contributed by atoms with Gasteiger partial charge < -0.3 is 20.6 Å². The average Bonchev–Trinajstić information content (AvgIpc) is 2.52. The van der Waals surface area contributed by atoms with Crippen LogP contribution in [0.5, 0.6) is 0 Å². The van der Waals surface area contributed by atoms with Crippen molar-refractivity contribution in [1.82, 2.24) is 10.2 Å². The Hall–Kier alpha value is -1.44. The summed E-state index contributed by atoms with van der Waals surface area (Å²) in [4.78, 5) is 23.5. The maximum Gasteiger partial charge on any atom is 0.317 e. The fourth-order valence-electron chi connectivity index (χ4n) is 2.00. The van der Waals surface area contributed by atoms with E-state index in [2.05, 4.69) is 24.4 Å². The standard InChI is InChI=1S/C16H30N2O5/c1-2-3-4-5-6-7-8-9-14(20)17-10-11-18(12-16(22)23)15(21)13-19/h4-5,15,19,21H,2-3,6-13H2,1H3,(H,17,20)(H,22,23)/b5-4+. The van der Waals surface area contributed by atoms with Crippen LogP contribution in [0.1, 0.15) is 45.4 Å². The van der Waals surface area contributed by atoms with E-state index in [0.717, 1.165) is 32.1 Å². The first-order chi connectivity index (χ1) is 11.0. The van der Waals surface area contributed by atoms with Crippen molar-refractivity contribution in [2.75, 3.05) is 26.2 Å². The van der Waals surface area contributed by atoms with Crippen LogP contribution < -0.4 is 5.32 Å². The minimum atomic E-state index is -1.24. The third kappa shape index (κ3) is 12.8. The predicted octanol–water partition coefficient (Wildman–Crippen LogP) is 0.717. The summed E-state index contributed by atoms with van der Waals surface area (Å²) in [5.74, 6) is -1.18. The lowest BCUT2D eigenvalue weighted by Crippen LogP contribution is -2.45. The summed E-state index contributed by atoms with van der Waals surface area (Å²) in [7, 11) is 0. The number of hydrogen-bond donors (Lipinski definition) is 4. The van der Waals surface area contributed by atoms with Crippen molar-refractivity contribution >= 4 is 11.9 Å². The predicted molar refractivity (Wildman–Crippen MR) is 87.8 cm³/mol. The molecule has 134 valence electrons. The minimum absolute atomic E-state index is 0.0868. The molecule has 0 aliphatic rings. The molecule has 7 heteroatoms. The number of amides is 1. The molecule has 0 rings (SSSR count). The smallest absolute Gasteiger partial charge is 0.317 e. The van der Waals surface area contributed by atoms with Gasteiger partial charge in [0.2, 0.25) is 5.91 Å². The Morgan fingerprint density at radius 2 is 1.91 bits per heavy atom. The van der Waals surface area contributed by atoms with Gasteiger partial charge in [-0.2, -0.15) is 0 Å². The Balaban J connectivity index is 3.80. The summed E-state index contributed by atoms with van der Waals surface area (Å²) in [6.07, 6.45) is 8.47. The molecule has 0 radical (unpaired) electrons. The first-order valence-corrected chi connectivity index (χ1v) is 8.17. The molecular weight excluding hydrogens is 300 g/mol. The molecule has 1 amide bonds. The van der Waals surface area contributed by atoms with Crippen molar-refractivity contribution < 1.29 is 24.9 Å². The van der Waals surface area contributed by atoms with Gasteiger partial charge in [0.1, 0.15) is 6.23 Å². The topological polar surface area (TPSA) is 110 Å². The zero-order valence-corrected chi connectivity index (χ0v) is 13.9. The molecule has 23 heavy (non-hydrogen) atoms. The van der Waals surface area contributed by atoms with Gasteiger partial charge in [-0.1, -0.05) is 25.5 Å². The second kappa shape index (κ2) is 14.2. The number of allylic oxidation sites excluding steroid dienone is 2. The average molecular weight is 330 g/mol. The highest BCUT2D eigenvalue weighted by atomic mass is 16.4. The van der Waals surface area contributed by atoms with Gasteiger partial charge in [-0.15, -0.1) is 0 Å². The van der Waals surface area contributed by atoms with E-state index in [4.69, 9.17) is 10.2 Å². The number of carboxylic acids is 1. The van der Waals surface area contributed by atoms with Gasteiger partial charge in [-0.25, -0.2) is 0 Å². The van der Waals surface area contributed by atoms with Gasteiger partial charge in [0, 0.05) is 19.5 Å². The Morgan fingerprint density at radius 1 is 1.22 bits per heavy atom. The first-order valence-electron chi connectivity index (χ1n) is 8.17. The molecule has 1 atom stereocenters. The van der Waals surface area contributed by atoms with Crippen molar-refractivity contribution in [3.05, 3.63) is 12.2 Å². The van der Waals surface area contributed by atoms with Crippen LogP contribution in [-0.2, 0) is 9.59 Å². The number of aliphatic hydroxyl groups is 2. The van der Waals surface area contributed by atoms with E-state index in [0.29, 0.717) is 6.42 Å². The number of unbranched alkanes of at least 4 members (excludes halogenated alkanes) is 3. The van der Waals surface area contributed by atoms with Crippen LogP contribution in [0.2, 0.25) is 0 Å². The maximum absolute atomic E-state index is 11.6. The van der Waals surface area contributed by atoms with E-state index in [1.807, 2.05) is 0 Å². The molecule has 0 saturated carbocycles. The normalized spacial score (nSPS) is 12.7. The van der Waals surface area contributed by atoms with Crippen LogP contribution in [0, 0.1) is 0 Å². The number of rotatable bonds is 14. The lowest BCUT2D eigenvalue weighted by Gasteiger charge is -2.24. The molecule has 0 aromatic heterocycles. The van der Waals surface area contributed by atoms with Gasteiger partial charge in [0.15, 0.2) is 0 Å². The first kappa shape index (κ1) is 21.6. The van der Waals surface area contributed by atoms with E-state index in [9.17, 15) is 14.7 Å². The molecule has 0 aromatic rings. The minimum Gasteiger partial charge on any atom is -0.480 e. The van der Waals surface area contributed by atoms with E-state index in [1.54, 1.807) is 0 Å². The summed E-state index contributed by atoms with van der Waals surface area (Å²) >= 11 is 0. The van der Waals surface area contributed by atoms with E-state index in [1.165, 1.54) is 4.90 Å². The molecule has 0 aliphatic heterocycles. The van der Waals surface area contributed by atoms with Crippen molar-refractivity contribution in [3.8, 4) is 0 Å². The van der Waals surface area contributed by atoms with Crippen LogP contribution in [0.25, 0.3) is 0 Å². The Labute approximate surface area is 138 Å². The lowest BCUT2D eigenvalue weighted by molar-refractivity contribution is -0.142. The van der Waals surface area contributed by atoms with Gasteiger partial charge >= 0.3 is 5.97 Å². The third-order valence-electron chi connectivity index (χ3n) is 3.29.